The summed E-state index contributed by atoms with van der Waals surface area (Å²) in [7, 11) is 0. The van der Waals surface area contributed by atoms with E-state index < -0.39 is 23.6 Å². The second kappa shape index (κ2) is 7.07. The van der Waals surface area contributed by atoms with Gasteiger partial charge in [-0.15, -0.1) is 0 Å². The quantitative estimate of drug-likeness (QED) is 0.758. The Morgan fingerprint density at radius 1 is 1.15 bits per heavy atom. The lowest BCUT2D eigenvalue weighted by Crippen LogP contribution is -2.51. The third-order valence-corrected chi connectivity index (χ3v) is 2.72. The van der Waals surface area contributed by atoms with Crippen LogP contribution < -0.4 is 5.73 Å². The molecule has 0 rings (SSSR count). The summed E-state index contributed by atoms with van der Waals surface area (Å²) in [6.07, 6.45) is -0.447. The van der Waals surface area contributed by atoms with E-state index in [1.807, 2.05) is 20.8 Å². The van der Waals surface area contributed by atoms with Crippen LogP contribution in [0.25, 0.3) is 0 Å². The molecule has 0 saturated carbocycles. The predicted octanol–water partition coefficient (Wildman–Crippen LogP) is 2.27. The summed E-state index contributed by atoms with van der Waals surface area (Å²) in [5, 5.41) is 0. The molecule has 0 amide bonds. The van der Waals surface area contributed by atoms with Crippen LogP contribution in [0.2, 0.25) is 0 Å². The van der Waals surface area contributed by atoms with Gasteiger partial charge in [0.2, 0.25) is 6.10 Å². The maximum absolute atomic E-state index is 12.2. The van der Waals surface area contributed by atoms with Crippen LogP contribution in [0, 0.1) is 11.3 Å². The highest BCUT2D eigenvalue weighted by atomic mass is 16.6. The number of carbonyl (C=O) groups is 2. The van der Waals surface area contributed by atoms with Crippen molar-refractivity contribution in [3.8, 4) is 0 Å². The fourth-order valence-corrected chi connectivity index (χ4v) is 2.10. The minimum atomic E-state index is -1.13. The Labute approximate surface area is 122 Å². The molecule has 0 radical (unpaired) electrons. The van der Waals surface area contributed by atoms with E-state index in [2.05, 4.69) is 0 Å². The first-order valence-electron chi connectivity index (χ1n) is 7.07. The number of carbonyl (C=O) groups excluding carboxylic acids is 2. The van der Waals surface area contributed by atoms with Gasteiger partial charge in [0, 0.05) is 5.92 Å². The van der Waals surface area contributed by atoms with Gasteiger partial charge in [-0.3, -0.25) is 4.79 Å². The van der Waals surface area contributed by atoms with E-state index in [1.54, 1.807) is 27.7 Å². The third-order valence-electron chi connectivity index (χ3n) is 2.72. The Morgan fingerprint density at radius 3 is 2.00 bits per heavy atom. The molecule has 2 unspecified atom stereocenters. The fraction of sp³-hybridized carbons (Fsp3) is 0.867. The average molecular weight is 287 g/mol. The Balaban J connectivity index is 4.88. The van der Waals surface area contributed by atoms with Crippen molar-refractivity contribution >= 4 is 11.9 Å². The van der Waals surface area contributed by atoms with Crippen molar-refractivity contribution in [3.05, 3.63) is 0 Å². The predicted molar refractivity (Wildman–Crippen MR) is 78.0 cm³/mol. The lowest BCUT2D eigenvalue weighted by atomic mass is 9.81. The largest absolute Gasteiger partial charge is 0.463 e. The molecule has 2 atom stereocenters. The van der Waals surface area contributed by atoms with E-state index >= 15 is 0 Å². The minimum Gasteiger partial charge on any atom is -0.463 e. The number of nitrogens with two attached hydrogens (primary N) is 1. The Kier molecular flexibility index (Phi) is 6.68. The monoisotopic (exact) mass is 287 g/mol. The first-order valence-corrected chi connectivity index (χ1v) is 7.07. The van der Waals surface area contributed by atoms with Gasteiger partial charge in [-0.2, -0.15) is 0 Å². The van der Waals surface area contributed by atoms with Crippen LogP contribution in [-0.2, 0) is 19.1 Å². The van der Waals surface area contributed by atoms with E-state index in [1.165, 1.54) is 0 Å². The highest BCUT2D eigenvalue weighted by Gasteiger charge is 2.38. The van der Waals surface area contributed by atoms with Gasteiger partial charge in [0.25, 0.3) is 0 Å². The molecule has 0 heterocycles. The van der Waals surface area contributed by atoms with Gasteiger partial charge < -0.3 is 15.2 Å². The summed E-state index contributed by atoms with van der Waals surface area (Å²) < 4.78 is 10.2. The second-order valence-electron chi connectivity index (χ2n) is 6.98. The summed E-state index contributed by atoms with van der Waals surface area (Å²) in [5.41, 5.74) is 4.80. The maximum Gasteiger partial charge on any atom is 0.347 e. The minimum absolute atomic E-state index is 0.111. The van der Waals surface area contributed by atoms with Crippen LogP contribution in [0.1, 0.15) is 54.9 Å². The van der Waals surface area contributed by atoms with Crippen molar-refractivity contribution in [3.63, 3.8) is 0 Å². The molecule has 0 bridgehead atoms. The van der Waals surface area contributed by atoms with E-state index in [4.69, 9.17) is 15.2 Å². The first-order chi connectivity index (χ1) is 8.90. The molecule has 0 aliphatic rings. The lowest BCUT2D eigenvalue weighted by molar-refractivity contribution is -0.174. The molecule has 5 nitrogen and oxygen atoms in total. The second-order valence-corrected chi connectivity index (χ2v) is 6.98. The molecular weight excluding hydrogens is 258 g/mol. The molecule has 0 fully saturated rings. The van der Waals surface area contributed by atoms with E-state index in [0.717, 1.165) is 0 Å². The standard InChI is InChI=1S/C15H29NO4/c1-8-19-12(17)11(10(2)3)20-13(18)15(7,16)9-14(4,5)6/h10-11H,8-9,16H2,1-7H3. The average Bonchev–Trinajstić information content (AvgIpc) is 2.21. The number of hydrogen-bond donors (Lipinski definition) is 1. The highest BCUT2D eigenvalue weighted by molar-refractivity contribution is 5.84. The van der Waals surface area contributed by atoms with Crippen molar-refractivity contribution in [1.29, 1.82) is 0 Å². The number of hydrogen-bond acceptors (Lipinski definition) is 5. The Bertz CT molecular complexity index is 342. The van der Waals surface area contributed by atoms with Crippen LogP contribution in [-0.4, -0.2) is 30.2 Å². The van der Waals surface area contributed by atoms with Crippen molar-refractivity contribution in [2.45, 2.75) is 66.5 Å². The van der Waals surface area contributed by atoms with Gasteiger partial charge in [-0.1, -0.05) is 34.6 Å². The SMILES string of the molecule is CCOC(=O)C(OC(=O)C(C)(N)CC(C)(C)C)C(C)C. The number of rotatable bonds is 6. The van der Waals surface area contributed by atoms with Crippen molar-refractivity contribution in [2.75, 3.05) is 6.61 Å². The van der Waals surface area contributed by atoms with Crippen molar-refractivity contribution in [2.24, 2.45) is 17.1 Å². The molecule has 0 aromatic heterocycles. The van der Waals surface area contributed by atoms with Gasteiger partial charge in [0.1, 0.15) is 5.54 Å². The van der Waals surface area contributed by atoms with Crippen LogP contribution in [0.3, 0.4) is 0 Å². The summed E-state index contributed by atoms with van der Waals surface area (Å²) >= 11 is 0. The summed E-state index contributed by atoms with van der Waals surface area (Å²) in [5.74, 6) is -1.26. The Hall–Kier alpha value is -1.10. The molecule has 2 N–H and O–H groups in total. The van der Waals surface area contributed by atoms with Gasteiger partial charge in [-0.25, -0.2) is 4.79 Å². The van der Waals surface area contributed by atoms with Crippen molar-refractivity contribution < 1.29 is 19.1 Å². The normalized spacial score (nSPS) is 16.4. The first kappa shape index (κ1) is 18.9. The van der Waals surface area contributed by atoms with Crippen LogP contribution in [0.15, 0.2) is 0 Å². The molecule has 0 aromatic carbocycles. The zero-order valence-corrected chi connectivity index (χ0v) is 13.8. The van der Waals surface area contributed by atoms with E-state index in [9.17, 15) is 9.59 Å². The summed E-state index contributed by atoms with van der Waals surface area (Å²) in [6, 6.07) is 0. The van der Waals surface area contributed by atoms with Crippen molar-refractivity contribution in [1.82, 2.24) is 0 Å². The van der Waals surface area contributed by atoms with Gasteiger partial charge in [0.05, 0.1) is 6.61 Å². The summed E-state index contributed by atoms with van der Waals surface area (Å²) in [6.45, 7) is 13.2. The smallest absolute Gasteiger partial charge is 0.347 e. The van der Waals surface area contributed by atoms with Crippen LogP contribution in [0.5, 0.6) is 0 Å². The zero-order chi connectivity index (χ0) is 16.1. The molecule has 118 valence electrons. The molecule has 0 aliphatic carbocycles. The lowest BCUT2D eigenvalue weighted by Gasteiger charge is -2.32. The molecule has 0 spiro atoms. The highest BCUT2D eigenvalue weighted by Crippen LogP contribution is 2.27. The number of esters is 2. The molecular formula is C15H29NO4. The van der Waals surface area contributed by atoms with E-state index in [-0.39, 0.29) is 17.9 Å². The Morgan fingerprint density at radius 2 is 1.65 bits per heavy atom. The fourth-order valence-electron chi connectivity index (χ4n) is 2.10. The summed E-state index contributed by atoms with van der Waals surface area (Å²) in [4.78, 5) is 24.0. The maximum atomic E-state index is 12.2. The zero-order valence-electron chi connectivity index (χ0n) is 13.8. The molecule has 0 saturated heterocycles. The molecule has 0 aromatic rings. The topological polar surface area (TPSA) is 78.6 Å². The van der Waals surface area contributed by atoms with E-state index in [0.29, 0.717) is 6.42 Å². The van der Waals surface area contributed by atoms with Gasteiger partial charge >= 0.3 is 11.9 Å². The van der Waals surface area contributed by atoms with Crippen LogP contribution >= 0.6 is 0 Å². The van der Waals surface area contributed by atoms with Gasteiger partial charge in [-0.05, 0) is 25.7 Å². The van der Waals surface area contributed by atoms with Crippen LogP contribution in [0.4, 0.5) is 0 Å². The molecule has 5 heteroatoms. The number of ether oxygens (including phenoxy) is 2. The third kappa shape index (κ3) is 6.37. The molecule has 0 aliphatic heterocycles. The molecule has 20 heavy (non-hydrogen) atoms. The van der Waals surface area contributed by atoms with Gasteiger partial charge in [0.15, 0.2) is 0 Å².